The second-order valence-electron chi connectivity index (χ2n) is 4.87. The molecule has 0 atom stereocenters. The third kappa shape index (κ3) is 2.73. The monoisotopic (exact) mass is 293 g/mol. The van der Waals surface area contributed by atoms with Gasteiger partial charge < -0.3 is 10.1 Å². The van der Waals surface area contributed by atoms with Crippen molar-refractivity contribution in [1.82, 2.24) is 19.7 Å². The summed E-state index contributed by atoms with van der Waals surface area (Å²) in [5, 5.41) is 9.00. The van der Waals surface area contributed by atoms with Crippen molar-refractivity contribution in [1.29, 1.82) is 0 Å². The summed E-state index contributed by atoms with van der Waals surface area (Å²) in [5.41, 5.74) is 0.881. The number of nitrogens with one attached hydrogen (secondary N) is 1. The zero-order chi connectivity index (χ0) is 13.9. The SMILES string of the molecule is CNc1nc(CSC2CCOCC2)nc2c1cnn2C. The second kappa shape index (κ2) is 5.97. The molecule has 0 aromatic carbocycles. The van der Waals surface area contributed by atoms with Crippen molar-refractivity contribution in [2.24, 2.45) is 7.05 Å². The smallest absolute Gasteiger partial charge is 0.163 e. The van der Waals surface area contributed by atoms with Crippen LogP contribution in [0.15, 0.2) is 6.20 Å². The molecule has 1 N–H and O–H groups in total. The van der Waals surface area contributed by atoms with Gasteiger partial charge in [-0.15, -0.1) is 0 Å². The molecule has 0 bridgehead atoms. The van der Waals surface area contributed by atoms with Gasteiger partial charge in [0.2, 0.25) is 0 Å². The summed E-state index contributed by atoms with van der Waals surface area (Å²) in [7, 11) is 3.79. The Hall–Kier alpha value is -1.34. The number of aryl methyl sites for hydroxylation is 1. The van der Waals surface area contributed by atoms with E-state index in [1.54, 1.807) is 10.9 Å². The lowest BCUT2D eigenvalue weighted by molar-refractivity contribution is 0.1000. The summed E-state index contributed by atoms with van der Waals surface area (Å²) in [4.78, 5) is 9.21. The van der Waals surface area contributed by atoms with E-state index < -0.39 is 0 Å². The maximum absolute atomic E-state index is 5.39. The highest BCUT2D eigenvalue weighted by Crippen LogP contribution is 2.26. The molecule has 1 aliphatic rings. The lowest BCUT2D eigenvalue weighted by atomic mass is 10.2. The van der Waals surface area contributed by atoms with Crippen LogP contribution in [-0.4, -0.2) is 45.3 Å². The van der Waals surface area contributed by atoms with Gasteiger partial charge in [0, 0.05) is 32.6 Å². The summed E-state index contributed by atoms with van der Waals surface area (Å²) in [5.74, 6) is 2.55. The quantitative estimate of drug-likeness (QED) is 0.927. The molecule has 7 heteroatoms. The minimum atomic E-state index is 0.660. The lowest BCUT2D eigenvalue weighted by Gasteiger charge is -2.21. The fourth-order valence-electron chi connectivity index (χ4n) is 2.36. The van der Waals surface area contributed by atoms with Crippen LogP contribution in [0.4, 0.5) is 5.82 Å². The van der Waals surface area contributed by atoms with Gasteiger partial charge in [0.1, 0.15) is 11.6 Å². The molecule has 0 unspecified atom stereocenters. The highest BCUT2D eigenvalue weighted by Gasteiger charge is 2.16. The van der Waals surface area contributed by atoms with E-state index in [0.29, 0.717) is 5.25 Å². The van der Waals surface area contributed by atoms with Gasteiger partial charge in [0.05, 0.1) is 17.3 Å². The van der Waals surface area contributed by atoms with E-state index >= 15 is 0 Å². The van der Waals surface area contributed by atoms with Crippen LogP contribution in [0.25, 0.3) is 11.0 Å². The molecule has 0 aliphatic carbocycles. The molecule has 0 saturated carbocycles. The molecule has 1 fully saturated rings. The minimum Gasteiger partial charge on any atom is -0.381 e. The molecule has 20 heavy (non-hydrogen) atoms. The van der Waals surface area contributed by atoms with Crippen LogP contribution in [0, 0.1) is 0 Å². The fraction of sp³-hybridized carbons (Fsp3) is 0.615. The highest BCUT2D eigenvalue weighted by atomic mass is 32.2. The first-order chi connectivity index (χ1) is 9.78. The average Bonchev–Trinajstić information content (AvgIpc) is 2.87. The van der Waals surface area contributed by atoms with Gasteiger partial charge in [-0.25, -0.2) is 9.97 Å². The Morgan fingerprint density at radius 3 is 2.95 bits per heavy atom. The summed E-state index contributed by atoms with van der Waals surface area (Å²) in [6.45, 7) is 1.75. The van der Waals surface area contributed by atoms with Crippen molar-refractivity contribution in [3.8, 4) is 0 Å². The van der Waals surface area contributed by atoms with Gasteiger partial charge in [0.25, 0.3) is 0 Å². The van der Waals surface area contributed by atoms with E-state index in [9.17, 15) is 0 Å². The van der Waals surface area contributed by atoms with E-state index in [1.165, 1.54) is 0 Å². The molecule has 108 valence electrons. The van der Waals surface area contributed by atoms with Gasteiger partial charge in [-0.05, 0) is 12.8 Å². The Labute approximate surface area is 122 Å². The van der Waals surface area contributed by atoms with Crippen LogP contribution < -0.4 is 5.32 Å². The molecule has 0 amide bonds. The zero-order valence-electron chi connectivity index (χ0n) is 11.8. The molecule has 2 aromatic rings. The average molecular weight is 293 g/mol. The van der Waals surface area contributed by atoms with Crippen LogP contribution in [0.5, 0.6) is 0 Å². The zero-order valence-corrected chi connectivity index (χ0v) is 12.6. The first-order valence-electron chi connectivity index (χ1n) is 6.83. The van der Waals surface area contributed by atoms with Crippen LogP contribution >= 0.6 is 11.8 Å². The van der Waals surface area contributed by atoms with Crippen LogP contribution in [0.3, 0.4) is 0 Å². The maximum atomic E-state index is 5.39. The van der Waals surface area contributed by atoms with Gasteiger partial charge >= 0.3 is 0 Å². The van der Waals surface area contributed by atoms with Gasteiger partial charge in [-0.3, -0.25) is 4.68 Å². The first kappa shape index (κ1) is 13.6. The van der Waals surface area contributed by atoms with Crippen molar-refractivity contribution in [2.75, 3.05) is 25.6 Å². The Morgan fingerprint density at radius 1 is 1.40 bits per heavy atom. The van der Waals surface area contributed by atoms with E-state index in [1.807, 2.05) is 25.9 Å². The van der Waals surface area contributed by atoms with Gasteiger partial charge in [-0.1, -0.05) is 0 Å². The molecule has 3 rings (SSSR count). The molecular formula is C13H19N5OS. The van der Waals surface area contributed by atoms with E-state index in [4.69, 9.17) is 4.74 Å². The van der Waals surface area contributed by atoms with Crippen LogP contribution in [0.1, 0.15) is 18.7 Å². The molecule has 1 aliphatic heterocycles. The number of hydrogen-bond acceptors (Lipinski definition) is 6. The number of hydrogen-bond donors (Lipinski definition) is 1. The second-order valence-corrected chi connectivity index (χ2v) is 6.16. The number of thioether (sulfide) groups is 1. The summed E-state index contributed by atoms with van der Waals surface area (Å²) in [6.07, 6.45) is 4.05. The fourth-order valence-corrected chi connectivity index (χ4v) is 3.40. The van der Waals surface area contributed by atoms with E-state index in [-0.39, 0.29) is 0 Å². The van der Waals surface area contributed by atoms with Crippen LogP contribution in [0.2, 0.25) is 0 Å². The number of aromatic nitrogens is 4. The summed E-state index contributed by atoms with van der Waals surface area (Å²) >= 11 is 1.92. The Kier molecular flexibility index (Phi) is 4.07. The molecule has 0 spiro atoms. The number of fused-ring (bicyclic) bond motifs is 1. The summed E-state index contributed by atoms with van der Waals surface area (Å²) in [6, 6.07) is 0. The predicted octanol–water partition coefficient (Wildman–Crippen LogP) is 1.82. The van der Waals surface area contributed by atoms with Crippen molar-refractivity contribution in [2.45, 2.75) is 23.8 Å². The summed E-state index contributed by atoms with van der Waals surface area (Å²) < 4.78 is 7.18. The number of ether oxygens (including phenoxy) is 1. The van der Waals surface area contributed by atoms with Crippen molar-refractivity contribution >= 4 is 28.6 Å². The maximum Gasteiger partial charge on any atom is 0.163 e. The molecule has 2 aromatic heterocycles. The largest absolute Gasteiger partial charge is 0.381 e. The first-order valence-corrected chi connectivity index (χ1v) is 7.88. The number of rotatable bonds is 4. The van der Waals surface area contributed by atoms with Gasteiger partial charge in [-0.2, -0.15) is 16.9 Å². The third-order valence-corrected chi connectivity index (χ3v) is 4.86. The number of anilines is 1. The Bertz CT molecular complexity index is 594. The standard InChI is InChI=1S/C13H19N5OS/c1-14-12-10-7-15-18(2)13(10)17-11(16-12)8-20-9-3-5-19-6-4-9/h7,9H,3-6,8H2,1-2H3,(H,14,16,17). The highest BCUT2D eigenvalue weighted by molar-refractivity contribution is 7.99. The Balaban J connectivity index is 1.78. The minimum absolute atomic E-state index is 0.660. The van der Waals surface area contributed by atoms with Crippen molar-refractivity contribution < 1.29 is 4.74 Å². The van der Waals surface area contributed by atoms with Crippen molar-refractivity contribution in [3.63, 3.8) is 0 Å². The van der Waals surface area contributed by atoms with Crippen LogP contribution in [-0.2, 0) is 17.5 Å². The van der Waals surface area contributed by atoms with Crippen molar-refractivity contribution in [3.05, 3.63) is 12.0 Å². The number of nitrogens with zero attached hydrogens (tertiary/aromatic N) is 4. The molecule has 1 saturated heterocycles. The lowest BCUT2D eigenvalue weighted by Crippen LogP contribution is -2.17. The Morgan fingerprint density at radius 2 is 2.20 bits per heavy atom. The molecule has 6 nitrogen and oxygen atoms in total. The van der Waals surface area contributed by atoms with Gasteiger partial charge in [0.15, 0.2) is 5.65 Å². The third-order valence-electron chi connectivity index (χ3n) is 3.49. The van der Waals surface area contributed by atoms with E-state index in [0.717, 1.165) is 54.5 Å². The molecule has 3 heterocycles. The molecular weight excluding hydrogens is 274 g/mol. The normalized spacial score (nSPS) is 16.7. The van der Waals surface area contributed by atoms with E-state index in [2.05, 4.69) is 20.4 Å². The predicted molar refractivity (Wildman–Crippen MR) is 81.0 cm³/mol. The molecule has 0 radical (unpaired) electrons. The topological polar surface area (TPSA) is 64.9 Å².